The molecule has 0 aliphatic heterocycles. The molecule has 18 heavy (non-hydrogen) atoms. The molecule has 5 nitrogen and oxygen atoms in total. The van der Waals surface area contributed by atoms with Crippen LogP contribution in [-0.4, -0.2) is 17.5 Å². The number of esters is 1. The van der Waals surface area contributed by atoms with Crippen molar-refractivity contribution in [2.24, 2.45) is 0 Å². The van der Waals surface area contributed by atoms with Gasteiger partial charge in [0.25, 0.3) is 5.69 Å². The van der Waals surface area contributed by atoms with Gasteiger partial charge in [-0.2, -0.15) is 0 Å². The molecule has 0 unspecified atom stereocenters. The predicted octanol–water partition coefficient (Wildman–Crippen LogP) is 3.04. The molecule has 0 aliphatic rings. The van der Waals surface area contributed by atoms with Crippen LogP contribution in [0, 0.1) is 13.7 Å². The normalized spacial score (nSPS) is 11.1. The van der Waals surface area contributed by atoms with E-state index in [1.165, 1.54) is 6.07 Å². The van der Waals surface area contributed by atoms with Crippen LogP contribution in [0.5, 0.6) is 0 Å². The van der Waals surface area contributed by atoms with Gasteiger partial charge in [0, 0.05) is 15.2 Å². The van der Waals surface area contributed by atoms with Crippen LogP contribution < -0.4 is 0 Å². The lowest BCUT2D eigenvalue weighted by molar-refractivity contribution is -0.386. The summed E-state index contributed by atoms with van der Waals surface area (Å²) in [5.74, 6) is -0.464. The monoisotopic (exact) mass is 363 g/mol. The third-order valence-electron chi connectivity index (χ3n) is 2.62. The van der Waals surface area contributed by atoms with Crippen LogP contribution in [-0.2, 0) is 14.9 Å². The first kappa shape index (κ1) is 14.9. The summed E-state index contributed by atoms with van der Waals surface area (Å²) in [7, 11) is 0. The molecule has 0 N–H and O–H groups in total. The predicted molar refractivity (Wildman–Crippen MR) is 75.5 cm³/mol. The first-order chi connectivity index (χ1) is 8.30. The van der Waals surface area contributed by atoms with Crippen molar-refractivity contribution in [1.29, 1.82) is 0 Å². The zero-order valence-electron chi connectivity index (χ0n) is 10.4. The number of nitrogens with zero attached hydrogens (tertiary/aromatic N) is 1. The Labute approximate surface area is 119 Å². The molecular formula is C12H14INO4. The minimum absolute atomic E-state index is 0.0556. The van der Waals surface area contributed by atoms with Crippen molar-refractivity contribution in [2.75, 3.05) is 6.61 Å². The fraction of sp³-hybridized carbons (Fsp3) is 0.417. The SMILES string of the molecule is CCOC(=O)C(C)(C)c1ccc(I)cc1[N+](=O)[O-]. The highest BCUT2D eigenvalue weighted by Crippen LogP contribution is 2.33. The molecule has 6 heteroatoms. The Morgan fingerprint density at radius 3 is 2.61 bits per heavy atom. The number of hydrogen-bond donors (Lipinski definition) is 0. The maximum atomic E-state index is 11.9. The molecule has 0 saturated heterocycles. The van der Waals surface area contributed by atoms with Gasteiger partial charge in [0.15, 0.2) is 0 Å². The summed E-state index contributed by atoms with van der Waals surface area (Å²) in [6.07, 6.45) is 0. The van der Waals surface area contributed by atoms with Gasteiger partial charge in [-0.25, -0.2) is 0 Å². The van der Waals surface area contributed by atoms with E-state index in [2.05, 4.69) is 0 Å². The third kappa shape index (κ3) is 2.98. The lowest BCUT2D eigenvalue weighted by atomic mass is 9.83. The second kappa shape index (κ2) is 5.64. The van der Waals surface area contributed by atoms with E-state index in [1.54, 1.807) is 32.9 Å². The lowest BCUT2D eigenvalue weighted by Crippen LogP contribution is -2.31. The summed E-state index contributed by atoms with van der Waals surface area (Å²) in [6.45, 7) is 5.21. The zero-order valence-corrected chi connectivity index (χ0v) is 12.6. The average molecular weight is 363 g/mol. The molecular weight excluding hydrogens is 349 g/mol. The minimum Gasteiger partial charge on any atom is -0.465 e. The highest BCUT2D eigenvalue weighted by atomic mass is 127. The number of benzene rings is 1. The van der Waals surface area contributed by atoms with E-state index in [4.69, 9.17) is 4.74 Å². The minimum atomic E-state index is -1.04. The van der Waals surface area contributed by atoms with E-state index in [-0.39, 0.29) is 12.3 Å². The van der Waals surface area contributed by atoms with Gasteiger partial charge in [-0.15, -0.1) is 0 Å². The fourth-order valence-corrected chi connectivity index (χ4v) is 2.08. The van der Waals surface area contributed by atoms with Crippen LogP contribution >= 0.6 is 22.6 Å². The molecule has 1 aromatic carbocycles. The highest BCUT2D eigenvalue weighted by Gasteiger charge is 2.37. The van der Waals surface area contributed by atoms with Crippen molar-refractivity contribution in [3.8, 4) is 0 Å². The molecule has 0 amide bonds. The molecule has 0 saturated carbocycles. The van der Waals surface area contributed by atoms with Gasteiger partial charge >= 0.3 is 5.97 Å². The first-order valence-corrected chi connectivity index (χ1v) is 6.50. The van der Waals surface area contributed by atoms with Gasteiger partial charge in [-0.3, -0.25) is 14.9 Å². The molecule has 0 bridgehead atoms. The summed E-state index contributed by atoms with van der Waals surface area (Å²) >= 11 is 2.00. The van der Waals surface area contributed by atoms with Gasteiger partial charge in [0.05, 0.1) is 16.9 Å². The molecule has 0 spiro atoms. The molecule has 0 fully saturated rings. The Morgan fingerprint density at radius 1 is 1.50 bits per heavy atom. The van der Waals surface area contributed by atoms with Gasteiger partial charge in [-0.05, 0) is 55.5 Å². The number of carbonyl (C=O) groups is 1. The molecule has 0 aliphatic carbocycles. The Morgan fingerprint density at radius 2 is 2.11 bits per heavy atom. The van der Waals surface area contributed by atoms with E-state index in [0.717, 1.165) is 3.57 Å². The summed E-state index contributed by atoms with van der Waals surface area (Å²) < 4.78 is 5.72. The molecule has 0 aromatic heterocycles. The van der Waals surface area contributed by atoms with Gasteiger partial charge in [0.1, 0.15) is 0 Å². The Hall–Kier alpha value is -1.18. The third-order valence-corrected chi connectivity index (χ3v) is 3.29. The van der Waals surface area contributed by atoms with Crippen LogP contribution in [0.3, 0.4) is 0 Å². The van der Waals surface area contributed by atoms with Crippen molar-refractivity contribution in [3.63, 3.8) is 0 Å². The van der Waals surface area contributed by atoms with Gasteiger partial charge < -0.3 is 4.74 Å². The first-order valence-electron chi connectivity index (χ1n) is 5.42. The van der Waals surface area contributed by atoms with Crippen LogP contribution in [0.4, 0.5) is 5.69 Å². The summed E-state index contributed by atoms with van der Waals surface area (Å²) in [6, 6.07) is 4.80. The van der Waals surface area contributed by atoms with Crippen molar-refractivity contribution in [1.82, 2.24) is 0 Å². The van der Waals surface area contributed by atoms with Crippen molar-refractivity contribution in [2.45, 2.75) is 26.2 Å². The molecule has 0 atom stereocenters. The fourth-order valence-electron chi connectivity index (χ4n) is 1.61. The molecule has 98 valence electrons. The maximum Gasteiger partial charge on any atom is 0.316 e. The van der Waals surface area contributed by atoms with Crippen LogP contribution in [0.15, 0.2) is 18.2 Å². The molecule has 1 rings (SSSR count). The Balaban J connectivity index is 3.31. The van der Waals surface area contributed by atoms with Crippen LogP contribution in [0.25, 0.3) is 0 Å². The molecule has 0 heterocycles. The number of nitro groups is 1. The van der Waals surface area contributed by atoms with E-state index in [1.807, 2.05) is 22.6 Å². The topological polar surface area (TPSA) is 69.4 Å². The number of nitro benzene ring substituents is 1. The van der Waals surface area contributed by atoms with Crippen LogP contribution in [0.1, 0.15) is 26.3 Å². The largest absolute Gasteiger partial charge is 0.465 e. The van der Waals surface area contributed by atoms with Gasteiger partial charge in [0.2, 0.25) is 0 Å². The Bertz CT molecular complexity index is 485. The second-order valence-corrected chi connectivity index (χ2v) is 5.51. The smallest absolute Gasteiger partial charge is 0.316 e. The highest BCUT2D eigenvalue weighted by molar-refractivity contribution is 14.1. The standard InChI is InChI=1S/C12H14INO4/c1-4-18-11(15)12(2,3)9-6-5-8(13)7-10(9)14(16)17/h5-7H,4H2,1-3H3. The van der Waals surface area contributed by atoms with Gasteiger partial charge in [-0.1, -0.05) is 0 Å². The molecule has 0 radical (unpaired) electrons. The molecule has 1 aromatic rings. The zero-order chi connectivity index (χ0) is 13.9. The number of rotatable bonds is 4. The average Bonchev–Trinajstić information content (AvgIpc) is 2.28. The number of ether oxygens (including phenoxy) is 1. The summed E-state index contributed by atoms with van der Waals surface area (Å²) in [5, 5.41) is 11.1. The quantitative estimate of drug-likeness (QED) is 0.357. The van der Waals surface area contributed by atoms with Crippen molar-refractivity contribution in [3.05, 3.63) is 37.4 Å². The number of hydrogen-bond acceptors (Lipinski definition) is 4. The van der Waals surface area contributed by atoms with Crippen molar-refractivity contribution >= 4 is 34.2 Å². The van der Waals surface area contributed by atoms with Crippen LogP contribution in [0.2, 0.25) is 0 Å². The number of halogens is 1. The van der Waals surface area contributed by atoms with E-state index >= 15 is 0 Å². The maximum absolute atomic E-state index is 11.9. The van der Waals surface area contributed by atoms with E-state index in [9.17, 15) is 14.9 Å². The van der Waals surface area contributed by atoms with E-state index in [0.29, 0.717) is 5.56 Å². The van der Waals surface area contributed by atoms with Crippen molar-refractivity contribution < 1.29 is 14.5 Å². The van der Waals surface area contributed by atoms with E-state index < -0.39 is 16.3 Å². The summed E-state index contributed by atoms with van der Waals surface area (Å²) in [4.78, 5) is 22.5. The second-order valence-electron chi connectivity index (χ2n) is 4.26. The summed E-state index contributed by atoms with van der Waals surface area (Å²) in [5.41, 5.74) is -0.728. The lowest BCUT2D eigenvalue weighted by Gasteiger charge is -2.22. The number of carbonyl (C=O) groups excluding carboxylic acids is 1. The Kier molecular flexibility index (Phi) is 4.66.